The smallest absolute Gasteiger partial charge is 0.321 e. The molecule has 4 nitrogen and oxygen atoms in total. The second-order valence-corrected chi connectivity index (χ2v) is 4.98. The fraction of sp³-hybridized carbons (Fsp3) is 0.833. The van der Waals surface area contributed by atoms with Gasteiger partial charge in [0.25, 0.3) is 0 Å². The minimum Gasteiger partial charge on any atom is -0.338 e. The van der Waals surface area contributed by atoms with Crippen LogP contribution in [-0.2, 0) is 0 Å². The van der Waals surface area contributed by atoms with E-state index in [2.05, 4.69) is 29.3 Å². The summed E-state index contributed by atoms with van der Waals surface area (Å²) in [5.41, 5.74) is 0. The Morgan fingerprint density at radius 1 is 1.38 bits per heavy atom. The van der Waals surface area contributed by atoms with Crippen molar-refractivity contribution in [3.8, 4) is 0 Å². The zero-order chi connectivity index (χ0) is 11.4. The summed E-state index contributed by atoms with van der Waals surface area (Å²) in [4.78, 5) is 4.28. The Hall–Kier alpha value is -1.06. The maximum Gasteiger partial charge on any atom is 0.321 e. The lowest BCUT2D eigenvalue weighted by Crippen LogP contribution is -2.06. The fourth-order valence-corrected chi connectivity index (χ4v) is 2.22. The van der Waals surface area contributed by atoms with Crippen LogP contribution in [0, 0.1) is 5.92 Å². The van der Waals surface area contributed by atoms with E-state index in [-0.39, 0.29) is 0 Å². The second-order valence-electron chi connectivity index (χ2n) is 4.98. The van der Waals surface area contributed by atoms with Gasteiger partial charge in [0, 0.05) is 12.5 Å². The van der Waals surface area contributed by atoms with Crippen molar-refractivity contribution in [2.24, 2.45) is 5.92 Å². The van der Waals surface area contributed by atoms with Gasteiger partial charge in [0.2, 0.25) is 0 Å². The lowest BCUT2D eigenvalue weighted by molar-refractivity contribution is 0.416. The number of rotatable bonds is 5. The molecule has 1 heterocycles. The lowest BCUT2D eigenvalue weighted by Gasteiger charge is -2.07. The number of nitrogens with zero attached hydrogens (tertiary/aromatic N) is 2. The second kappa shape index (κ2) is 5.32. The largest absolute Gasteiger partial charge is 0.338 e. The van der Waals surface area contributed by atoms with Crippen LogP contribution in [0.1, 0.15) is 57.7 Å². The van der Waals surface area contributed by atoms with Crippen LogP contribution in [0.2, 0.25) is 0 Å². The summed E-state index contributed by atoms with van der Waals surface area (Å²) in [6.45, 7) is 5.07. The van der Waals surface area contributed by atoms with Gasteiger partial charge in [-0.3, -0.25) is 0 Å². The molecule has 0 amide bonds. The van der Waals surface area contributed by atoms with E-state index in [0.717, 1.165) is 18.3 Å². The molecule has 0 atom stereocenters. The van der Waals surface area contributed by atoms with E-state index >= 15 is 0 Å². The van der Waals surface area contributed by atoms with Gasteiger partial charge in [-0.25, -0.2) is 0 Å². The van der Waals surface area contributed by atoms with Crippen LogP contribution >= 0.6 is 0 Å². The van der Waals surface area contributed by atoms with Crippen LogP contribution in [0.3, 0.4) is 0 Å². The zero-order valence-electron chi connectivity index (χ0n) is 10.2. The van der Waals surface area contributed by atoms with E-state index in [0.29, 0.717) is 11.9 Å². The average molecular weight is 223 g/mol. The highest BCUT2D eigenvalue weighted by atomic mass is 16.5. The molecular formula is C12H21N3O. The molecule has 1 aliphatic carbocycles. The monoisotopic (exact) mass is 223 g/mol. The van der Waals surface area contributed by atoms with Gasteiger partial charge in [-0.15, -0.1) is 0 Å². The summed E-state index contributed by atoms with van der Waals surface area (Å²) in [6, 6.07) is 0.571. The normalized spacial score (nSPS) is 17.2. The maximum absolute atomic E-state index is 5.12. The van der Waals surface area contributed by atoms with E-state index in [1.165, 1.54) is 32.1 Å². The molecule has 16 heavy (non-hydrogen) atoms. The van der Waals surface area contributed by atoms with Crippen LogP contribution in [0.25, 0.3) is 0 Å². The van der Waals surface area contributed by atoms with Crippen LogP contribution < -0.4 is 5.32 Å². The van der Waals surface area contributed by atoms with Crippen LogP contribution in [-0.4, -0.2) is 16.7 Å². The molecule has 0 unspecified atom stereocenters. The Labute approximate surface area is 96.8 Å². The lowest BCUT2D eigenvalue weighted by atomic mass is 10.0. The van der Waals surface area contributed by atoms with E-state index in [9.17, 15) is 0 Å². The first-order valence-corrected chi connectivity index (χ1v) is 6.33. The molecule has 0 aliphatic heterocycles. The Morgan fingerprint density at radius 2 is 2.12 bits per heavy atom. The van der Waals surface area contributed by atoms with Crippen molar-refractivity contribution in [3.05, 3.63) is 5.82 Å². The van der Waals surface area contributed by atoms with Crippen molar-refractivity contribution in [3.63, 3.8) is 0 Å². The van der Waals surface area contributed by atoms with Gasteiger partial charge in [0.05, 0.1) is 0 Å². The Bertz CT molecular complexity index is 316. The summed E-state index contributed by atoms with van der Waals surface area (Å²) < 4.78 is 5.12. The molecular weight excluding hydrogens is 202 g/mol. The predicted octanol–water partition coefficient (Wildman–Crippen LogP) is 3.19. The molecule has 1 N–H and O–H groups in total. The maximum atomic E-state index is 5.12. The molecule has 1 saturated carbocycles. The van der Waals surface area contributed by atoms with Crippen molar-refractivity contribution in [1.82, 2.24) is 10.1 Å². The van der Waals surface area contributed by atoms with Crippen LogP contribution in [0.15, 0.2) is 4.52 Å². The van der Waals surface area contributed by atoms with Crippen molar-refractivity contribution in [2.45, 2.75) is 51.9 Å². The van der Waals surface area contributed by atoms with Gasteiger partial charge in [0.15, 0.2) is 5.82 Å². The number of hydrogen-bond donors (Lipinski definition) is 1. The first-order valence-electron chi connectivity index (χ1n) is 6.33. The minimum atomic E-state index is 0.328. The predicted molar refractivity (Wildman–Crippen MR) is 63.5 cm³/mol. The topological polar surface area (TPSA) is 51.0 Å². The molecule has 0 bridgehead atoms. The molecule has 0 spiro atoms. The molecule has 0 aromatic carbocycles. The Balaban J connectivity index is 1.72. The number of nitrogens with one attached hydrogen (secondary N) is 1. The van der Waals surface area contributed by atoms with Crippen molar-refractivity contribution < 1.29 is 4.52 Å². The summed E-state index contributed by atoms with van der Waals surface area (Å²) >= 11 is 0. The van der Waals surface area contributed by atoms with Crippen LogP contribution in [0.5, 0.6) is 0 Å². The highest BCUT2D eigenvalue weighted by molar-refractivity contribution is 5.18. The molecule has 1 aromatic heterocycles. The fourth-order valence-electron chi connectivity index (χ4n) is 2.22. The Kier molecular flexibility index (Phi) is 3.80. The number of anilines is 1. The van der Waals surface area contributed by atoms with Gasteiger partial charge in [0.1, 0.15) is 0 Å². The molecule has 1 fully saturated rings. The molecule has 0 saturated heterocycles. The van der Waals surface area contributed by atoms with Gasteiger partial charge in [-0.05, 0) is 12.3 Å². The summed E-state index contributed by atoms with van der Waals surface area (Å²) in [5, 5.41) is 7.12. The summed E-state index contributed by atoms with van der Waals surface area (Å²) in [5.74, 6) is 2.01. The summed E-state index contributed by atoms with van der Waals surface area (Å²) in [7, 11) is 0. The number of hydrogen-bond acceptors (Lipinski definition) is 4. The van der Waals surface area contributed by atoms with E-state index in [1.807, 2.05) is 0 Å². The molecule has 0 radical (unpaired) electrons. The third kappa shape index (κ3) is 2.97. The molecule has 2 rings (SSSR count). The van der Waals surface area contributed by atoms with Crippen molar-refractivity contribution in [1.29, 1.82) is 0 Å². The first-order chi connectivity index (χ1) is 7.75. The third-order valence-corrected chi connectivity index (χ3v) is 3.26. The summed E-state index contributed by atoms with van der Waals surface area (Å²) in [6.07, 6.45) is 6.82. The highest BCUT2D eigenvalue weighted by Gasteiger charge is 2.15. The minimum absolute atomic E-state index is 0.328. The average Bonchev–Trinajstić information content (AvgIpc) is 2.87. The van der Waals surface area contributed by atoms with E-state index in [1.54, 1.807) is 0 Å². The SMILES string of the molecule is CC(C)c1noc(NCCC2CCCC2)n1. The van der Waals surface area contributed by atoms with Crippen molar-refractivity contribution >= 4 is 6.01 Å². The van der Waals surface area contributed by atoms with Gasteiger partial charge in [-0.1, -0.05) is 44.7 Å². The first kappa shape index (κ1) is 11.4. The van der Waals surface area contributed by atoms with Gasteiger partial charge >= 0.3 is 6.01 Å². The van der Waals surface area contributed by atoms with E-state index < -0.39 is 0 Å². The van der Waals surface area contributed by atoms with Gasteiger partial charge in [-0.2, -0.15) is 4.98 Å². The van der Waals surface area contributed by atoms with Crippen molar-refractivity contribution in [2.75, 3.05) is 11.9 Å². The molecule has 90 valence electrons. The quantitative estimate of drug-likeness (QED) is 0.833. The number of aromatic nitrogens is 2. The standard InChI is InChI=1S/C12H21N3O/c1-9(2)11-14-12(16-15-11)13-8-7-10-5-3-4-6-10/h9-10H,3-8H2,1-2H3,(H,13,14,15). The van der Waals surface area contributed by atoms with Crippen LogP contribution in [0.4, 0.5) is 6.01 Å². The highest BCUT2D eigenvalue weighted by Crippen LogP contribution is 2.27. The zero-order valence-corrected chi connectivity index (χ0v) is 10.2. The Morgan fingerprint density at radius 3 is 2.75 bits per heavy atom. The van der Waals surface area contributed by atoms with Gasteiger partial charge < -0.3 is 9.84 Å². The third-order valence-electron chi connectivity index (χ3n) is 3.26. The van der Waals surface area contributed by atoms with E-state index in [4.69, 9.17) is 4.52 Å². The molecule has 1 aliphatic rings. The molecule has 4 heteroatoms. The molecule has 1 aromatic rings.